The maximum Gasteiger partial charge on any atom is 0.156 e. The van der Waals surface area contributed by atoms with Crippen molar-refractivity contribution >= 4 is 28.7 Å². The van der Waals surface area contributed by atoms with E-state index in [4.69, 9.17) is 4.99 Å². The molecular weight excluding hydrogens is 236 g/mol. The van der Waals surface area contributed by atoms with Crippen LogP contribution in [0.5, 0.6) is 0 Å². The first-order valence-electron chi connectivity index (χ1n) is 6.31. The second kappa shape index (κ2) is 6.20. The highest BCUT2D eigenvalue weighted by atomic mass is 32.2. The zero-order chi connectivity index (χ0) is 11.4. The fourth-order valence-corrected chi connectivity index (χ4v) is 4.42. The maximum atomic E-state index is 4.73. The second-order valence-corrected chi connectivity index (χ2v) is 7.36. The number of aliphatic imine (C=N–C) groups is 1. The van der Waals surface area contributed by atoms with Gasteiger partial charge in [-0.1, -0.05) is 32.0 Å². The Bertz CT molecular complexity index is 247. The van der Waals surface area contributed by atoms with Crippen LogP contribution in [0.3, 0.4) is 0 Å². The van der Waals surface area contributed by atoms with Crippen LogP contribution in [0, 0.1) is 5.92 Å². The number of rotatable bonds is 3. The molecule has 2 aliphatic heterocycles. The van der Waals surface area contributed by atoms with Gasteiger partial charge in [0.15, 0.2) is 5.17 Å². The highest BCUT2D eigenvalue weighted by Gasteiger charge is 2.23. The average molecular weight is 258 g/mol. The minimum absolute atomic E-state index is 0.628. The van der Waals surface area contributed by atoms with Crippen molar-refractivity contribution in [3.63, 3.8) is 0 Å². The summed E-state index contributed by atoms with van der Waals surface area (Å²) in [6.45, 7) is 5.57. The van der Waals surface area contributed by atoms with E-state index in [2.05, 4.69) is 30.9 Å². The van der Waals surface area contributed by atoms with Crippen molar-refractivity contribution in [2.45, 2.75) is 44.4 Å². The summed E-state index contributed by atoms with van der Waals surface area (Å²) in [5.74, 6) is 3.24. The van der Waals surface area contributed by atoms with Gasteiger partial charge in [-0.2, -0.15) is 11.8 Å². The highest BCUT2D eigenvalue weighted by Crippen LogP contribution is 2.26. The molecule has 2 fully saturated rings. The third kappa shape index (κ3) is 3.59. The molecule has 1 N–H and O–H groups in total. The maximum absolute atomic E-state index is 4.73. The summed E-state index contributed by atoms with van der Waals surface area (Å²) in [5.41, 5.74) is 0. The third-order valence-corrected chi connectivity index (χ3v) is 5.65. The Hall–Kier alpha value is 0.170. The number of nitrogens with zero attached hydrogens (tertiary/aromatic N) is 1. The molecule has 0 bridgehead atoms. The Balaban J connectivity index is 1.75. The Morgan fingerprint density at radius 2 is 2.31 bits per heavy atom. The SMILES string of the molecule is CC(C)[C@H]1CSC(=NCC2CCCCS2)N1. The lowest BCUT2D eigenvalue weighted by atomic mass is 10.1. The van der Waals surface area contributed by atoms with Crippen molar-refractivity contribution < 1.29 is 0 Å². The van der Waals surface area contributed by atoms with E-state index in [9.17, 15) is 0 Å². The minimum Gasteiger partial charge on any atom is -0.361 e. The van der Waals surface area contributed by atoms with Gasteiger partial charge >= 0.3 is 0 Å². The van der Waals surface area contributed by atoms with Crippen LogP contribution >= 0.6 is 23.5 Å². The predicted octanol–water partition coefficient (Wildman–Crippen LogP) is 2.99. The summed E-state index contributed by atoms with van der Waals surface area (Å²) in [6.07, 6.45) is 4.16. The summed E-state index contributed by atoms with van der Waals surface area (Å²) < 4.78 is 0. The molecule has 0 aliphatic carbocycles. The molecule has 1 unspecified atom stereocenters. The minimum atomic E-state index is 0.628. The highest BCUT2D eigenvalue weighted by molar-refractivity contribution is 8.14. The standard InChI is InChI=1S/C12H22N2S2/c1-9(2)11-8-16-12(14-11)13-7-10-5-3-4-6-15-10/h9-11H,3-8H2,1-2H3,(H,13,14)/t10?,11-/m1/s1. The van der Waals surface area contributed by atoms with Gasteiger partial charge in [-0.15, -0.1) is 0 Å². The van der Waals surface area contributed by atoms with E-state index in [1.165, 1.54) is 35.9 Å². The van der Waals surface area contributed by atoms with Crippen molar-refractivity contribution in [2.24, 2.45) is 10.9 Å². The number of thioether (sulfide) groups is 2. The van der Waals surface area contributed by atoms with Crippen molar-refractivity contribution in [3.05, 3.63) is 0 Å². The Morgan fingerprint density at radius 1 is 1.44 bits per heavy atom. The van der Waals surface area contributed by atoms with E-state index in [1.54, 1.807) is 0 Å². The van der Waals surface area contributed by atoms with Gasteiger partial charge in [-0.25, -0.2) is 0 Å². The zero-order valence-electron chi connectivity index (χ0n) is 10.2. The van der Waals surface area contributed by atoms with Crippen LogP contribution in [0.25, 0.3) is 0 Å². The summed E-state index contributed by atoms with van der Waals surface area (Å²) >= 11 is 4.01. The lowest BCUT2D eigenvalue weighted by Crippen LogP contribution is -2.32. The van der Waals surface area contributed by atoms with Crippen LogP contribution in [0.2, 0.25) is 0 Å². The molecule has 0 radical (unpaired) electrons. The second-order valence-electron chi connectivity index (χ2n) is 4.94. The Labute approximate surface area is 107 Å². The van der Waals surface area contributed by atoms with Crippen LogP contribution in [0.4, 0.5) is 0 Å². The van der Waals surface area contributed by atoms with E-state index in [0.717, 1.165) is 11.8 Å². The fraction of sp³-hybridized carbons (Fsp3) is 0.917. The van der Waals surface area contributed by atoms with Gasteiger partial charge in [-0.05, 0) is 24.5 Å². The molecular formula is C12H22N2S2. The lowest BCUT2D eigenvalue weighted by molar-refractivity contribution is 0.503. The molecule has 0 amide bonds. The van der Waals surface area contributed by atoms with E-state index in [0.29, 0.717) is 12.0 Å². The summed E-state index contributed by atoms with van der Waals surface area (Å²) in [6, 6.07) is 0.628. The monoisotopic (exact) mass is 258 g/mol. The number of hydrogen-bond donors (Lipinski definition) is 1. The van der Waals surface area contributed by atoms with Gasteiger partial charge in [0.25, 0.3) is 0 Å². The van der Waals surface area contributed by atoms with Gasteiger partial charge in [-0.3, -0.25) is 4.99 Å². The first-order valence-corrected chi connectivity index (χ1v) is 8.34. The number of amidine groups is 1. The Kier molecular flexibility index (Phi) is 4.89. The summed E-state index contributed by atoms with van der Waals surface area (Å²) in [5, 5.41) is 5.50. The van der Waals surface area contributed by atoms with Gasteiger partial charge in [0.05, 0.1) is 6.54 Å². The molecule has 2 saturated heterocycles. The summed E-state index contributed by atoms with van der Waals surface area (Å²) in [4.78, 5) is 4.73. The van der Waals surface area contributed by atoms with Gasteiger partial charge in [0.2, 0.25) is 0 Å². The van der Waals surface area contributed by atoms with E-state index >= 15 is 0 Å². The first-order chi connectivity index (χ1) is 7.75. The quantitative estimate of drug-likeness (QED) is 0.842. The van der Waals surface area contributed by atoms with Gasteiger partial charge in [0.1, 0.15) is 0 Å². The van der Waals surface area contributed by atoms with Crippen molar-refractivity contribution in [2.75, 3.05) is 18.1 Å². The largest absolute Gasteiger partial charge is 0.361 e. The van der Waals surface area contributed by atoms with Crippen LogP contribution in [0.1, 0.15) is 33.1 Å². The smallest absolute Gasteiger partial charge is 0.156 e. The molecule has 92 valence electrons. The molecule has 0 aromatic rings. The predicted molar refractivity (Wildman–Crippen MR) is 76.6 cm³/mol. The third-order valence-electron chi connectivity index (χ3n) is 3.23. The van der Waals surface area contributed by atoms with E-state index in [-0.39, 0.29) is 0 Å². The van der Waals surface area contributed by atoms with E-state index < -0.39 is 0 Å². The van der Waals surface area contributed by atoms with Crippen molar-refractivity contribution in [1.29, 1.82) is 0 Å². The molecule has 0 aromatic heterocycles. The molecule has 16 heavy (non-hydrogen) atoms. The fourth-order valence-electron chi connectivity index (χ4n) is 2.00. The normalized spacial score (nSPS) is 33.3. The van der Waals surface area contributed by atoms with Gasteiger partial charge in [0, 0.05) is 17.0 Å². The molecule has 0 saturated carbocycles. The molecule has 2 nitrogen and oxygen atoms in total. The molecule has 2 heterocycles. The number of nitrogens with one attached hydrogen (secondary N) is 1. The molecule has 0 spiro atoms. The molecule has 2 atom stereocenters. The van der Waals surface area contributed by atoms with Crippen LogP contribution in [0.15, 0.2) is 4.99 Å². The summed E-state index contributed by atoms with van der Waals surface area (Å²) in [7, 11) is 0. The lowest BCUT2D eigenvalue weighted by Gasteiger charge is -2.19. The van der Waals surface area contributed by atoms with Crippen molar-refractivity contribution in [1.82, 2.24) is 5.32 Å². The average Bonchev–Trinajstić information content (AvgIpc) is 2.76. The molecule has 4 heteroatoms. The van der Waals surface area contributed by atoms with Crippen LogP contribution < -0.4 is 5.32 Å². The van der Waals surface area contributed by atoms with Gasteiger partial charge < -0.3 is 5.32 Å². The van der Waals surface area contributed by atoms with Crippen molar-refractivity contribution in [3.8, 4) is 0 Å². The molecule has 0 aromatic carbocycles. The van der Waals surface area contributed by atoms with Crippen LogP contribution in [-0.4, -0.2) is 34.5 Å². The first kappa shape index (κ1) is 12.6. The van der Waals surface area contributed by atoms with E-state index in [1.807, 2.05) is 11.8 Å². The topological polar surface area (TPSA) is 24.4 Å². The Morgan fingerprint density at radius 3 is 2.94 bits per heavy atom. The van der Waals surface area contributed by atoms with Crippen LogP contribution in [-0.2, 0) is 0 Å². The molecule has 2 aliphatic rings. The number of hydrogen-bond acceptors (Lipinski definition) is 3. The molecule has 2 rings (SSSR count). The zero-order valence-corrected chi connectivity index (χ0v) is 11.9.